The summed E-state index contributed by atoms with van der Waals surface area (Å²) in [6.45, 7) is 5.61. The maximum Gasteiger partial charge on any atom is 0.237 e. The number of hydrogen-bond donors (Lipinski definition) is 0. The predicted molar refractivity (Wildman–Crippen MR) is 79.8 cm³/mol. The first-order valence-electron chi connectivity index (χ1n) is 6.73. The lowest BCUT2D eigenvalue weighted by Gasteiger charge is -2.03. The number of carbonyl (C=O) groups is 1. The van der Waals surface area contributed by atoms with Crippen LogP contribution in [0, 0.1) is 0 Å². The highest BCUT2D eigenvalue weighted by Gasteiger charge is 2.21. The lowest BCUT2D eigenvalue weighted by molar-refractivity contribution is -0.119. The van der Waals surface area contributed by atoms with E-state index in [1.54, 1.807) is 18.7 Å². The molecule has 0 fully saturated rings. The Hall–Kier alpha value is -1.62. The molecule has 1 aromatic heterocycles. The third kappa shape index (κ3) is 3.28. The molecule has 0 bridgehead atoms. The van der Waals surface area contributed by atoms with Crippen LogP contribution in [0.5, 0.6) is 0 Å². The lowest BCUT2D eigenvalue weighted by Crippen LogP contribution is -2.07. The molecule has 2 aromatic rings. The third-order valence-corrected chi connectivity index (χ3v) is 3.96. The van der Waals surface area contributed by atoms with Crippen LogP contribution < -0.4 is 0 Å². The van der Waals surface area contributed by atoms with Crippen molar-refractivity contribution in [2.45, 2.75) is 38.0 Å². The summed E-state index contributed by atoms with van der Waals surface area (Å²) in [5.41, 5.74) is 0.902. The van der Waals surface area contributed by atoms with E-state index in [0.29, 0.717) is 18.1 Å². The highest BCUT2D eigenvalue weighted by atomic mass is 32.2. The first kappa shape index (κ1) is 14.8. The van der Waals surface area contributed by atoms with Gasteiger partial charge in [-0.1, -0.05) is 19.0 Å². The summed E-state index contributed by atoms with van der Waals surface area (Å²) in [7, 11) is 0. The van der Waals surface area contributed by atoms with Crippen LogP contribution in [0.15, 0.2) is 33.7 Å². The Morgan fingerprint density at radius 1 is 1.30 bits per heavy atom. The minimum atomic E-state index is -0.300. The normalized spacial score (nSPS) is 12.3. The average molecular weight is 290 g/mol. The molecule has 0 aliphatic heterocycles. The van der Waals surface area contributed by atoms with E-state index in [9.17, 15) is 4.79 Å². The van der Waals surface area contributed by atoms with Gasteiger partial charge in [0.15, 0.2) is 0 Å². The van der Waals surface area contributed by atoms with Gasteiger partial charge in [-0.15, -0.1) is 11.8 Å². The van der Waals surface area contributed by atoms with Gasteiger partial charge in [0.25, 0.3) is 0 Å². The van der Waals surface area contributed by atoms with E-state index in [2.05, 4.69) is 17.1 Å². The molecule has 0 amide bonds. The van der Waals surface area contributed by atoms with E-state index in [1.807, 2.05) is 31.2 Å². The van der Waals surface area contributed by atoms with Crippen LogP contribution in [-0.4, -0.2) is 21.7 Å². The molecular weight excluding hydrogens is 272 g/mol. The minimum absolute atomic E-state index is 0.0531. The second-order valence-corrected chi connectivity index (χ2v) is 5.82. The number of thioether (sulfide) groups is 1. The lowest BCUT2D eigenvalue weighted by atomic mass is 10.0. The zero-order valence-corrected chi connectivity index (χ0v) is 12.7. The molecule has 5 heteroatoms. The van der Waals surface area contributed by atoms with Gasteiger partial charge in [0, 0.05) is 10.5 Å². The molecule has 0 N–H and O–H groups in total. The predicted octanol–water partition coefficient (Wildman–Crippen LogP) is 3.93. The van der Waals surface area contributed by atoms with Gasteiger partial charge in [0.2, 0.25) is 11.7 Å². The Morgan fingerprint density at radius 2 is 2.00 bits per heavy atom. The molecule has 4 nitrogen and oxygen atoms in total. The molecule has 1 atom stereocenters. The summed E-state index contributed by atoms with van der Waals surface area (Å²) in [5.74, 6) is 1.74. The molecule has 0 spiro atoms. The quantitative estimate of drug-likeness (QED) is 0.754. The summed E-state index contributed by atoms with van der Waals surface area (Å²) in [4.78, 5) is 17.1. The second-order valence-electron chi connectivity index (χ2n) is 4.49. The smallest absolute Gasteiger partial charge is 0.237 e. The molecular formula is C15H18N2O2S. The summed E-state index contributed by atoms with van der Waals surface area (Å²) in [6.07, 6.45) is 0.670. The standard InChI is InChI=1S/C15H18N2O2S/c1-4-13(10(3)18)15-16-14(17-19-15)11-6-8-12(9-7-11)20-5-2/h6-9,13H,4-5H2,1-3H3. The largest absolute Gasteiger partial charge is 0.338 e. The molecule has 1 aromatic carbocycles. The maximum atomic E-state index is 11.5. The molecule has 0 radical (unpaired) electrons. The Labute approximate surface area is 123 Å². The highest BCUT2D eigenvalue weighted by molar-refractivity contribution is 7.99. The molecule has 0 saturated carbocycles. The number of benzene rings is 1. The number of hydrogen-bond acceptors (Lipinski definition) is 5. The number of carbonyl (C=O) groups excluding carboxylic acids is 1. The topological polar surface area (TPSA) is 56.0 Å². The van der Waals surface area contributed by atoms with E-state index in [1.165, 1.54) is 4.90 Å². The van der Waals surface area contributed by atoms with Gasteiger partial charge >= 0.3 is 0 Å². The number of nitrogens with zero attached hydrogens (tertiary/aromatic N) is 2. The zero-order chi connectivity index (χ0) is 14.5. The summed E-state index contributed by atoms with van der Waals surface area (Å²) in [6, 6.07) is 8.03. The number of ketones is 1. The van der Waals surface area contributed by atoms with Crippen molar-refractivity contribution in [2.24, 2.45) is 0 Å². The van der Waals surface area contributed by atoms with Crippen molar-refractivity contribution < 1.29 is 9.32 Å². The summed E-state index contributed by atoms with van der Waals surface area (Å²) < 4.78 is 5.22. The Bertz CT molecular complexity index is 578. The van der Waals surface area contributed by atoms with Crippen molar-refractivity contribution in [2.75, 3.05) is 5.75 Å². The van der Waals surface area contributed by atoms with Gasteiger partial charge in [0.1, 0.15) is 5.78 Å². The van der Waals surface area contributed by atoms with Gasteiger partial charge in [0.05, 0.1) is 5.92 Å². The number of rotatable bonds is 6. The fourth-order valence-corrected chi connectivity index (χ4v) is 2.66. The Morgan fingerprint density at radius 3 is 2.55 bits per heavy atom. The Balaban J connectivity index is 2.21. The van der Waals surface area contributed by atoms with Crippen LogP contribution in [0.3, 0.4) is 0 Å². The van der Waals surface area contributed by atoms with Crippen LogP contribution in [0.25, 0.3) is 11.4 Å². The van der Waals surface area contributed by atoms with Gasteiger partial charge in [-0.25, -0.2) is 0 Å². The molecule has 1 unspecified atom stereocenters. The van der Waals surface area contributed by atoms with E-state index in [-0.39, 0.29) is 11.7 Å². The van der Waals surface area contributed by atoms with E-state index >= 15 is 0 Å². The molecule has 1 heterocycles. The van der Waals surface area contributed by atoms with Crippen molar-refractivity contribution >= 4 is 17.5 Å². The summed E-state index contributed by atoms with van der Waals surface area (Å²) in [5, 5.41) is 3.97. The SMILES string of the molecule is CCSc1ccc(-c2noc(C(CC)C(C)=O)n2)cc1. The molecule has 0 aliphatic carbocycles. The van der Waals surface area contributed by atoms with Gasteiger partial charge in [-0.2, -0.15) is 4.98 Å². The third-order valence-electron chi connectivity index (χ3n) is 3.06. The fraction of sp³-hybridized carbons (Fsp3) is 0.400. The van der Waals surface area contributed by atoms with Crippen molar-refractivity contribution in [1.29, 1.82) is 0 Å². The van der Waals surface area contributed by atoms with Crippen LogP contribution in [0.4, 0.5) is 0 Å². The minimum Gasteiger partial charge on any atom is -0.338 e. The van der Waals surface area contributed by atoms with Crippen molar-refractivity contribution in [3.05, 3.63) is 30.2 Å². The van der Waals surface area contributed by atoms with Crippen molar-refractivity contribution in [3.63, 3.8) is 0 Å². The first-order valence-corrected chi connectivity index (χ1v) is 7.71. The van der Waals surface area contributed by atoms with E-state index < -0.39 is 0 Å². The fourth-order valence-electron chi connectivity index (χ4n) is 2.00. The molecule has 2 rings (SSSR count). The van der Waals surface area contributed by atoms with Crippen LogP contribution >= 0.6 is 11.8 Å². The second kappa shape index (κ2) is 6.70. The van der Waals surface area contributed by atoms with Gasteiger partial charge in [-0.3, -0.25) is 4.79 Å². The van der Waals surface area contributed by atoms with Gasteiger partial charge in [-0.05, 0) is 43.4 Å². The van der Waals surface area contributed by atoms with Crippen LogP contribution in [0.1, 0.15) is 39.0 Å². The zero-order valence-electron chi connectivity index (χ0n) is 11.9. The summed E-state index contributed by atoms with van der Waals surface area (Å²) >= 11 is 1.79. The van der Waals surface area contributed by atoms with Crippen LogP contribution in [0.2, 0.25) is 0 Å². The Kier molecular flexibility index (Phi) is 4.95. The monoisotopic (exact) mass is 290 g/mol. The van der Waals surface area contributed by atoms with Crippen molar-refractivity contribution in [3.8, 4) is 11.4 Å². The van der Waals surface area contributed by atoms with Crippen molar-refractivity contribution in [1.82, 2.24) is 10.1 Å². The van der Waals surface area contributed by atoms with Gasteiger partial charge < -0.3 is 4.52 Å². The number of Topliss-reactive ketones (excluding diaryl/α,β-unsaturated/α-hetero) is 1. The molecule has 20 heavy (non-hydrogen) atoms. The highest BCUT2D eigenvalue weighted by Crippen LogP contribution is 2.25. The van der Waals surface area contributed by atoms with Crippen LogP contribution in [-0.2, 0) is 4.79 Å². The molecule has 0 saturated heterocycles. The van der Waals surface area contributed by atoms with E-state index in [4.69, 9.17) is 4.52 Å². The molecule has 106 valence electrons. The van der Waals surface area contributed by atoms with E-state index in [0.717, 1.165) is 11.3 Å². The first-order chi connectivity index (χ1) is 9.65. The average Bonchev–Trinajstić information content (AvgIpc) is 2.90. The number of aromatic nitrogens is 2. The maximum absolute atomic E-state index is 11.5. The molecule has 0 aliphatic rings.